The lowest BCUT2D eigenvalue weighted by Crippen LogP contribution is -2.33. The minimum absolute atomic E-state index is 0.192. The molecular formula is C13H21FN4. The summed E-state index contributed by atoms with van der Waals surface area (Å²) >= 11 is 0. The zero-order chi connectivity index (χ0) is 13.0. The van der Waals surface area contributed by atoms with Crippen molar-refractivity contribution in [2.75, 3.05) is 25.0 Å². The molecule has 0 spiro atoms. The lowest BCUT2D eigenvalue weighted by molar-refractivity contribution is 0.327. The number of likely N-dealkylation sites (tertiary alicyclic amines) is 1. The molecule has 1 aliphatic rings. The molecule has 5 heteroatoms. The number of anilines is 1. The zero-order valence-electron chi connectivity index (χ0n) is 11.1. The lowest BCUT2D eigenvalue weighted by atomic mass is 10.2. The van der Waals surface area contributed by atoms with Crippen LogP contribution in [0.1, 0.15) is 32.4 Å². The van der Waals surface area contributed by atoms with Crippen LogP contribution in [-0.2, 0) is 6.42 Å². The van der Waals surface area contributed by atoms with E-state index in [1.54, 1.807) is 0 Å². The molecule has 18 heavy (non-hydrogen) atoms. The maximum absolute atomic E-state index is 13.9. The van der Waals surface area contributed by atoms with E-state index in [-0.39, 0.29) is 11.9 Å². The Morgan fingerprint density at radius 3 is 2.78 bits per heavy atom. The maximum atomic E-state index is 13.9. The smallest absolute Gasteiger partial charge is 0.186 e. The molecule has 0 radical (unpaired) electrons. The van der Waals surface area contributed by atoms with Crippen LogP contribution in [0.5, 0.6) is 0 Å². The van der Waals surface area contributed by atoms with E-state index in [2.05, 4.69) is 27.1 Å². The van der Waals surface area contributed by atoms with Gasteiger partial charge in [0, 0.05) is 12.6 Å². The van der Waals surface area contributed by atoms with Crippen LogP contribution in [0.4, 0.5) is 10.2 Å². The van der Waals surface area contributed by atoms with Crippen LogP contribution in [0.15, 0.2) is 6.33 Å². The molecule has 0 amide bonds. The molecule has 1 aromatic heterocycles. The highest BCUT2D eigenvalue weighted by molar-refractivity contribution is 5.38. The van der Waals surface area contributed by atoms with Gasteiger partial charge in [-0.05, 0) is 39.3 Å². The molecule has 2 heterocycles. The summed E-state index contributed by atoms with van der Waals surface area (Å²) in [4.78, 5) is 10.3. The third-order valence-electron chi connectivity index (χ3n) is 3.31. The van der Waals surface area contributed by atoms with Crippen molar-refractivity contribution in [1.82, 2.24) is 14.9 Å². The third kappa shape index (κ3) is 3.16. The van der Waals surface area contributed by atoms with E-state index in [1.165, 1.54) is 19.2 Å². The van der Waals surface area contributed by atoms with Crippen LogP contribution in [0, 0.1) is 5.82 Å². The standard InChI is InChI=1S/C13H21FN4/c1-3-11-12(14)13(16-9-15-11)17-10(2)8-18-6-4-5-7-18/h9-10H,3-8H2,1-2H3,(H,15,16,17). The van der Waals surface area contributed by atoms with Gasteiger partial charge in [0.15, 0.2) is 11.6 Å². The summed E-state index contributed by atoms with van der Waals surface area (Å²) in [7, 11) is 0. The Kier molecular flexibility index (Phi) is 4.47. The van der Waals surface area contributed by atoms with Crippen molar-refractivity contribution in [3.63, 3.8) is 0 Å². The fraction of sp³-hybridized carbons (Fsp3) is 0.692. The molecule has 1 fully saturated rings. The van der Waals surface area contributed by atoms with Crippen molar-refractivity contribution >= 4 is 5.82 Å². The molecule has 1 unspecified atom stereocenters. The summed E-state index contributed by atoms with van der Waals surface area (Å²) in [6.07, 6.45) is 4.56. The molecule has 0 saturated carbocycles. The van der Waals surface area contributed by atoms with E-state index < -0.39 is 0 Å². The van der Waals surface area contributed by atoms with Crippen LogP contribution in [0.25, 0.3) is 0 Å². The fourth-order valence-corrected chi connectivity index (χ4v) is 2.38. The minimum atomic E-state index is -0.312. The van der Waals surface area contributed by atoms with Crippen molar-refractivity contribution in [2.45, 2.75) is 39.2 Å². The number of nitrogens with zero attached hydrogens (tertiary/aromatic N) is 3. The number of rotatable bonds is 5. The van der Waals surface area contributed by atoms with Crippen molar-refractivity contribution in [1.29, 1.82) is 0 Å². The normalized spacial score (nSPS) is 17.9. The highest BCUT2D eigenvalue weighted by Crippen LogP contribution is 2.15. The first-order valence-electron chi connectivity index (χ1n) is 6.69. The Hall–Kier alpha value is -1.23. The summed E-state index contributed by atoms with van der Waals surface area (Å²) in [6, 6.07) is 0.192. The number of aryl methyl sites for hydroxylation is 1. The Bertz CT molecular complexity index is 391. The van der Waals surface area contributed by atoms with E-state index in [0.29, 0.717) is 17.9 Å². The minimum Gasteiger partial charge on any atom is -0.364 e. The second kappa shape index (κ2) is 6.09. The van der Waals surface area contributed by atoms with Gasteiger partial charge in [0.25, 0.3) is 0 Å². The number of hydrogen-bond acceptors (Lipinski definition) is 4. The van der Waals surface area contributed by atoms with Gasteiger partial charge in [0.05, 0.1) is 5.69 Å². The second-order valence-corrected chi connectivity index (χ2v) is 4.89. The van der Waals surface area contributed by atoms with Gasteiger partial charge in [-0.2, -0.15) is 0 Å². The van der Waals surface area contributed by atoms with Crippen LogP contribution < -0.4 is 5.32 Å². The van der Waals surface area contributed by atoms with E-state index in [0.717, 1.165) is 19.6 Å². The molecule has 1 saturated heterocycles. The third-order valence-corrected chi connectivity index (χ3v) is 3.31. The summed E-state index contributed by atoms with van der Waals surface area (Å²) < 4.78 is 13.9. The molecule has 0 aromatic carbocycles. The molecule has 1 N–H and O–H groups in total. The first kappa shape index (κ1) is 13.2. The molecule has 1 atom stereocenters. The van der Waals surface area contributed by atoms with Crippen molar-refractivity contribution in [2.24, 2.45) is 0 Å². The quantitative estimate of drug-likeness (QED) is 0.871. The predicted octanol–water partition coefficient (Wildman–Crippen LogP) is 2.07. The topological polar surface area (TPSA) is 41.1 Å². The second-order valence-electron chi connectivity index (χ2n) is 4.89. The highest BCUT2D eigenvalue weighted by atomic mass is 19.1. The molecule has 1 aromatic rings. The Morgan fingerprint density at radius 1 is 1.39 bits per heavy atom. The average Bonchev–Trinajstić information content (AvgIpc) is 2.84. The summed E-state index contributed by atoms with van der Waals surface area (Å²) in [5.74, 6) is 0.0156. The largest absolute Gasteiger partial charge is 0.364 e. The van der Waals surface area contributed by atoms with Gasteiger partial charge in [-0.15, -0.1) is 0 Å². The van der Waals surface area contributed by atoms with Gasteiger partial charge in [-0.1, -0.05) is 6.92 Å². The first-order valence-corrected chi connectivity index (χ1v) is 6.69. The number of aromatic nitrogens is 2. The molecule has 0 aliphatic carbocycles. The van der Waals surface area contributed by atoms with Crippen molar-refractivity contribution < 1.29 is 4.39 Å². The Labute approximate surface area is 108 Å². The summed E-state index contributed by atoms with van der Waals surface area (Å²) in [5, 5.41) is 3.14. The fourth-order valence-electron chi connectivity index (χ4n) is 2.38. The molecule has 4 nitrogen and oxygen atoms in total. The molecule has 2 rings (SSSR count). The molecule has 1 aliphatic heterocycles. The molecular weight excluding hydrogens is 231 g/mol. The van der Waals surface area contributed by atoms with E-state index in [9.17, 15) is 4.39 Å². The van der Waals surface area contributed by atoms with Crippen LogP contribution in [0.3, 0.4) is 0 Å². The predicted molar refractivity (Wildman–Crippen MR) is 70.1 cm³/mol. The zero-order valence-corrected chi connectivity index (χ0v) is 11.1. The Morgan fingerprint density at radius 2 is 2.11 bits per heavy atom. The van der Waals surface area contributed by atoms with E-state index in [4.69, 9.17) is 0 Å². The van der Waals surface area contributed by atoms with Gasteiger partial charge >= 0.3 is 0 Å². The van der Waals surface area contributed by atoms with Gasteiger partial charge in [0.1, 0.15) is 6.33 Å². The number of nitrogens with one attached hydrogen (secondary N) is 1. The van der Waals surface area contributed by atoms with E-state index >= 15 is 0 Å². The summed E-state index contributed by atoms with van der Waals surface area (Å²) in [5.41, 5.74) is 0.473. The van der Waals surface area contributed by atoms with E-state index in [1.807, 2.05) is 6.92 Å². The maximum Gasteiger partial charge on any atom is 0.186 e. The van der Waals surface area contributed by atoms with Gasteiger partial charge in [0.2, 0.25) is 0 Å². The van der Waals surface area contributed by atoms with Crippen molar-refractivity contribution in [3.05, 3.63) is 17.8 Å². The van der Waals surface area contributed by atoms with Crippen LogP contribution >= 0.6 is 0 Å². The summed E-state index contributed by atoms with van der Waals surface area (Å²) in [6.45, 7) is 7.19. The van der Waals surface area contributed by atoms with Crippen LogP contribution in [-0.4, -0.2) is 40.5 Å². The lowest BCUT2D eigenvalue weighted by Gasteiger charge is -2.21. The Balaban J connectivity index is 1.95. The van der Waals surface area contributed by atoms with Crippen LogP contribution in [0.2, 0.25) is 0 Å². The molecule has 100 valence electrons. The molecule has 0 bridgehead atoms. The van der Waals surface area contributed by atoms with Crippen molar-refractivity contribution in [3.8, 4) is 0 Å². The van der Waals surface area contributed by atoms with Gasteiger partial charge in [-0.3, -0.25) is 0 Å². The first-order chi connectivity index (χ1) is 8.70. The SMILES string of the molecule is CCc1ncnc(NC(C)CN2CCCC2)c1F. The number of halogens is 1. The van der Waals surface area contributed by atoms with Gasteiger partial charge in [-0.25, -0.2) is 14.4 Å². The monoisotopic (exact) mass is 252 g/mol. The van der Waals surface area contributed by atoms with Gasteiger partial charge < -0.3 is 10.2 Å². The average molecular weight is 252 g/mol. The highest BCUT2D eigenvalue weighted by Gasteiger charge is 2.16. The number of hydrogen-bond donors (Lipinski definition) is 1.